The van der Waals surface area contributed by atoms with Gasteiger partial charge in [0.1, 0.15) is 0 Å². The molecule has 0 spiro atoms. The molecule has 1 atom stereocenters. The highest BCUT2D eigenvalue weighted by Gasteiger charge is 2.22. The number of rotatable bonds is 3. The van der Waals surface area contributed by atoms with Gasteiger partial charge in [-0.15, -0.1) is 6.58 Å². The van der Waals surface area contributed by atoms with Crippen molar-refractivity contribution in [1.29, 1.82) is 0 Å². The second kappa shape index (κ2) is 5.84. The highest BCUT2D eigenvalue weighted by atomic mass is 16.2. The van der Waals surface area contributed by atoms with Gasteiger partial charge in [0, 0.05) is 18.9 Å². The largest absolute Gasteiger partial charge is 0.333 e. The number of para-hydroxylation sites is 1. The van der Waals surface area contributed by atoms with Crippen molar-refractivity contribution in [1.82, 2.24) is 23.1 Å². The predicted octanol–water partition coefficient (Wildman–Crippen LogP) is 2.50. The van der Waals surface area contributed by atoms with E-state index in [9.17, 15) is 9.59 Å². The minimum absolute atomic E-state index is 0.366. The molecule has 0 N–H and O–H groups in total. The Labute approximate surface area is 155 Å². The maximum absolute atomic E-state index is 13.1. The summed E-state index contributed by atoms with van der Waals surface area (Å²) < 4.78 is 6.40. The topological polar surface area (TPSA) is 66.2 Å². The molecule has 4 aromatic rings. The zero-order valence-corrected chi connectivity index (χ0v) is 15.8. The van der Waals surface area contributed by atoms with E-state index < -0.39 is 11.7 Å². The highest BCUT2D eigenvalue weighted by molar-refractivity contribution is 5.76. The smallest absolute Gasteiger partial charge is 0.283 e. The fourth-order valence-electron chi connectivity index (χ4n) is 3.55. The Morgan fingerprint density at radius 2 is 1.89 bits per heavy atom. The summed E-state index contributed by atoms with van der Waals surface area (Å²) in [4.78, 5) is 30.5. The van der Waals surface area contributed by atoms with Crippen molar-refractivity contribution in [2.24, 2.45) is 7.05 Å². The summed E-state index contributed by atoms with van der Waals surface area (Å²) >= 11 is 0. The Morgan fingerprint density at radius 3 is 2.56 bits per heavy atom. The Balaban J connectivity index is 2.20. The number of aryl methyl sites for hydroxylation is 3. The Morgan fingerprint density at radius 1 is 1.19 bits per heavy atom. The lowest BCUT2D eigenvalue weighted by atomic mass is 10.2. The van der Waals surface area contributed by atoms with Gasteiger partial charge in [-0.3, -0.25) is 22.9 Å². The summed E-state index contributed by atoms with van der Waals surface area (Å²) in [5.41, 5.74) is 3.02. The van der Waals surface area contributed by atoms with Crippen LogP contribution in [0, 0.1) is 13.8 Å². The molecule has 4 rings (SSSR count). The van der Waals surface area contributed by atoms with Crippen LogP contribution in [-0.4, -0.2) is 23.1 Å². The molecule has 7 nitrogen and oxygen atoms in total. The SMILES string of the molecule is C=C[C@H](C)n1c(=O)c2c(nc3n(-c4ccccc4C)c(C)cn23)n(C)c1=O. The van der Waals surface area contributed by atoms with E-state index in [0.29, 0.717) is 16.9 Å². The van der Waals surface area contributed by atoms with Gasteiger partial charge in [-0.05, 0) is 32.4 Å². The molecular formula is C20H21N5O2. The van der Waals surface area contributed by atoms with Crippen LogP contribution in [0.15, 0.2) is 52.7 Å². The van der Waals surface area contributed by atoms with Crippen molar-refractivity contribution in [3.8, 4) is 5.69 Å². The minimum Gasteiger partial charge on any atom is -0.283 e. The van der Waals surface area contributed by atoms with Crippen molar-refractivity contribution in [3.63, 3.8) is 0 Å². The molecule has 0 fully saturated rings. The maximum atomic E-state index is 13.1. The van der Waals surface area contributed by atoms with Crippen molar-refractivity contribution in [2.45, 2.75) is 26.8 Å². The summed E-state index contributed by atoms with van der Waals surface area (Å²) in [7, 11) is 1.63. The minimum atomic E-state index is -0.411. The zero-order chi connectivity index (χ0) is 19.5. The molecule has 0 saturated carbocycles. The lowest BCUT2D eigenvalue weighted by Crippen LogP contribution is -2.40. The number of fused-ring (bicyclic) bond motifs is 3. The average molecular weight is 363 g/mol. The Kier molecular flexibility index (Phi) is 3.69. The van der Waals surface area contributed by atoms with Gasteiger partial charge in [0.2, 0.25) is 5.78 Å². The van der Waals surface area contributed by atoms with Gasteiger partial charge >= 0.3 is 5.69 Å². The third-order valence-corrected chi connectivity index (χ3v) is 5.08. The molecule has 7 heteroatoms. The fraction of sp³-hybridized carbons (Fsp3) is 0.250. The zero-order valence-electron chi connectivity index (χ0n) is 15.8. The standard InChI is InChI=1S/C20H21N5O2/c1-6-13(3)25-18(26)16-17(22(5)20(25)27)21-19-23(16)11-14(4)24(19)15-10-8-7-9-12(15)2/h6-11,13H,1H2,2-5H3/t13-/m0/s1. The Hall–Kier alpha value is -3.35. The number of hydrogen-bond acceptors (Lipinski definition) is 3. The van der Waals surface area contributed by atoms with Crippen LogP contribution in [0.4, 0.5) is 0 Å². The molecule has 0 aliphatic rings. The summed E-state index contributed by atoms with van der Waals surface area (Å²) in [6, 6.07) is 7.58. The predicted molar refractivity (Wildman–Crippen MR) is 106 cm³/mol. The van der Waals surface area contributed by atoms with E-state index in [-0.39, 0.29) is 5.56 Å². The summed E-state index contributed by atoms with van der Waals surface area (Å²) in [5.74, 6) is 0.605. The van der Waals surface area contributed by atoms with Crippen LogP contribution < -0.4 is 11.2 Å². The molecule has 1 aromatic carbocycles. The van der Waals surface area contributed by atoms with Crippen LogP contribution in [-0.2, 0) is 7.05 Å². The molecule has 3 heterocycles. The van der Waals surface area contributed by atoms with Crippen molar-refractivity contribution < 1.29 is 0 Å². The molecule has 27 heavy (non-hydrogen) atoms. The first-order valence-electron chi connectivity index (χ1n) is 8.77. The first-order chi connectivity index (χ1) is 12.9. The van der Waals surface area contributed by atoms with E-state index in [1.165, 1.54) is 9.13 Å². The number of aromatic nitrogens is 5. The molecular weight excluding hydrogens is 342 g/mol. The summed E-state index contributed by atoms with van der Waals surface area (Å²) in [6.45, 7) is 9.48. The molecule has 0 radical (unpaired) electrons. The van der Waals surface area contributed by atoms with E-state index in [2.05, 4.69) is 11.6 Å². The Bertz CT molecular complexity index is 1330. The van der Waals surface area contributed by atoms with Gasteiger partial charge in [0.25, 0.3) is 5.56 Å². The molecule has 3 aromatic heterocycles. The van der Waals surface area contributed by atoms with Crippen molar-refractivity contribution >= 4 is 16.9 Å². The van der Waals surface area contributed by atoms with Gasteiger partial charge in [0.15, 0.2) is 11.2 Å². The van der Waals surface area contributed by atoms with Gasteiger partial charge in [-0.25, -0.2) is 4.79 Å². The van der Waals surface area contributed by atoms with Crippen LogP contribution in [0.25, 0.3) is 22.6 Å². The van der Waals surface area contributed by atoms with Crippen LogP contribution >= 0.6 is 0 Å². The quantitative estimate of drug-likeness (QED) is 0.525. The molecule has 0 unspecified atom stereocenters. The monoisotopic (exact) mass is 363 g/mol. The number of nitrogens with zero attached hydrogens (tertiary/aromatic N) is 5. The van der Waals surface area contributed by atoms with Crippen LogP contribution in [0.2, 0.25) is 0 Å². The van der Waals surface area contributed by atoms with Gasteiger partial charge in [0.05, 0.1) is 11.7 Å². The van der Waals surface area contributed by atoms with Crippen LogP contribution in [0.1, 0.15) is 24.2 Å². The van der Waals surface area contributed by atoms with Crippen molar-refractivity contribution in [2.75, 3.05) is 0 Å². The van der Waals surface area contributed by atoms with Gasteiger partial charge < -0.3 is 0 Å². The number of hydrogen-bond donors (Lipinski definition) is 0. The van der Waals surface area contributed by atoms with Gasteiger partial charge in [-0.2, -0.15) is 4.98 Å². The second-order valence-corrected chi connectivity index (χ2v) is 6.84. The molecule has 0 bridgehead atoms. The third kappa shape index (κ3) is 2.24. The number of allylic oxidation sites excluding steroid dienone is 1. The van der Waals surface area contributed by atoms with Crippen LogP contribution in [0.3, 0.4) is 0 Å². The maximum Gasteiger partial charge on any atom is 0.333 e. The normalized spacial score (nSPS) is 12.7. The second-order valence-electron chi connectivity index (χ2n) is 6.84. The van der Waals surface area contributed by atoms with E-state index >= 15 is 0 Å². The first kappa shape index (κ1) is 17.1. The fourth-order valence-corrected chi connectivity index (χ4v) is 3.55. The van der Waals surface area contributed by atoms with E-state index in [4.69, 9.17) is 0 Å². The summed E-state index contributed by atoms with van der Waals surface area (Å²) in [5, 5.41) is 0. The number of imidazole rings is 2. The van der Waals surface area contributed by atoms with Gasteiger partial charge in [-0.1, -0.05) is 24.3 Å². The lowest BCUT2D eigenvalue weighted by molar-refractivity contribution is 0.574. The first-order valence-corrected chi connectivity index (χ1v) is 8.77. The third-order valence-electron chi connectivity index (χ3n) is 5.08. The van der Waals surface area contributed by atoms with E-state index in [1.54, 1.807) is 24.4 Å². The average Bonchev–Trinajstić information content (AvgIpc) is 3.15. The lowest BCUT2D eigenvalue weighted by Gasteiger charge is -2.11. The van der Waals surface area contributed by atoms with E-state index in [1.807, 2.05) is 48.9 Å². The highest BCUT2D eigenvalue weighted by Crippen LogP contribution is 2.23. The van der Waals surface area contributed by atoms with Crippen LogP contribution in [0.5, 0.6) is 0 Å². The molecule has 138 valence electrons. The molecule has 0 aliphatic heterocycles. The summed E-state index contributed by atoms with van der Waals surface area (Å²) in [6.07, 6.45) is 3.46. The van der Waals surface area contributed by atoms with E-state index in [0.717, 1.165) is 16.9 Å². The van der Waals surface area contributed by atoms with Crippen molar-refractivity contribution in [3.05, 3.63) is 75.2 Å². The molecule has 0 saturated heterocycles. The molecule has 0 aliphatic carbocycles. The molecule has 0 amide bonds. The number of benzene rings is 1.